The molecule has 1 aliphatic heterocycles. The van der Waals surface area contributed by atoms with E-state index in [1.165, 1.54) is 7.11 Å². The maximum absolute atomic E-state index is 11.4. The summed E-state index contributed by atoms with van der Waals surface area (Å²) in [4.78, 5) is 17.9. The van der Waals surface area contributed by atoms with Crippen molar-refractivity contribution in [2.45, 2.75) is 13.3 Å². The molecule has 5 nitrogen and oxygen atoms in total. The number of carbonyl (C=O) groups excluding carboxylic acids is 1. The Bertz CT molecular complexity index is 434. The molecule has 1 fully saturated rings. The molecule has 5 heteroatoms. The first-order chi connectivity index (χ1) is 8.11. The molecule has 0 aromatic carbocycles. The van der Waals surface area contributed by atoms with Gasteiger partial charge in [-0.05, 0) is 25.5 Å². The second-order valence-electron chi connectivity index (χ2n) is 4.30. The largest absolute Gasteiger partial charge is 0.469 e. The summed E-state index contributed by atoms with van der Waals surface area (Å²) in [6, 6.07) is 3.74. The highest BCUT2D eigenvalue weighted by Gasteiger charge is 2.29. The predicted molar refractivity (Wildman–Crippen MR) is 65.7 cm³/mol. The van der Waals surface area contributed by atoms with Gasteiger partial charge in [0.15, 0.2) is 0 Å². The van der Waals surface area contributed by atoms with Crippen LogP contribution in [0, 0.1) is 12.8 Å². The van der Waals surface area contributed by atoms with E-state index < -0.39 is 0 Å². The highest BCUT2D eigenvalue weighted by atomic mass is 16.5. The number of ether oxygens (including phenoxy) is 1. The van der Waals surface area contributed by atoms with Crippen molar-refractivity contribution in [1.82, 2.24) is 4.98 Å². The molecule has 2 rings (SSSR count). The summed E-state index contributed by atoms with van der Waals surface area (Å²) < 4.78 is 4.76. The van der Waals surface area contributed by atoms with Gasteiger partial charge in [0.25, 0.3) is 0 Å². The summed E-state index contributed by atoms with van der Waals surface area (Å²) in [6.07, 6.45) is 0.817. The number of aromatic nitrogens is 1. The van der Waals surface area contributed by atoms with Crippen LogP contribution in [0.1, 0.15) is 12.1 Å². The van der Waals surface area contributed by atoms with E-state index in [9.17, 15) is 4.79 Å². The van der Waals surface area contributed by atoms with Crippen molar-refractivity contribution in [1.29, 1.82) is 0 Å². The molecule has 0 bridgehead atoms. The fourth-order valence-electron chi connectivity index (χ4n) is 2.06. The maximum atomic E-state index is 11.4. The molecule has 1 saturated heterocycles. The second kappa shape index (κ2) is 4.61. The molecule has 0 radical (unpaired) electrons. The first-order valence-electron chi connectivity index (χ1n) is 5.67. The molecular formula is C12H17N3O2. The van der Waals surface area contributed by atoms with Crippen LogP contribution in [0.2, 0.25) is 0 Å². The molecule has 1 aromatic rings. The molecule has 1 aliphatic rings. The summed E-state index contributed by atoms with van der Waals surface area (Å²) >= 11 is 0. The monoisotopic (exact) mass is 235 g/mol. The SMILES string of the molecule is COC(=O)C1CCN(c2ccc(N)c(C)n2)C1. The number of carbonyl (C=O) groups is 1. The van der Waals surface area contributed by atoms with Gasteiger partial charge in [-0.3, -0.25) is 4.79 Å². The third-order valence-corrected chi connectivity index (χ3v) is 3.16. The smallest absolute Gasteiger partial charge is 0.310 e. The molecule has 0 saturated carbocycles. The lowest BCUT2D eigenvalue weighted by molar-refractivity contribution is -0.144. The first kappa shape index (κ1) is 11.7. The van der Waals surface area contributed by atoms with Crippen molar-refractivity contribution in [3.8, 4) is 0 Å². The molecule has 1 atom stereocenters. The van der Waals surface area contributed by atoms with Crippen LogP contribution in [-0.4, -0.2) is 31.2 Å². The van der Waals surface area contributed by atoms with Crippen molar-refractivity contribution in [3.63, 3.8) is 0 Å². The molecule has 2 heterocycles. The number of hydrogen-bond acceptors (Lipinski definition) is 5. The molecule has 92 valence electrons. The van der Waals surface area contributed by atoms with Crippen molar-refractivity contribution in [3.05, 3.63) is 17.8 Å². The predicted octanol–water partition coefficient (Wildman–Crippen LogP) is 0.972. The van der Waals surface area contributed by atoms with Gasteiger partial charge in [-0.1, -0.05) is 0 Å². The van der Waals surface area contributed by atoms with Crippen molar-refractivity contribution < 1.29 is 9.53 Å². The Hall–Kier alpha value is -1.78. The van der Waals surface area contributed by atoms with Gasteiger partial charge in [0, 0.05) is 13.1 Å². The Morgan fingerprint density at radius 3 is 3.00 bits per heavy atom. The Balaban J connectivity index is 2.10. The molecular weight excluding hydrogens is 218 g/mol. The number of nitrogens with two attached hydrogens (primary N) is 1. The second-order valence-corrected chi connectivity index (χ2v) is 4.30. The first-order valence-corrected chi connectivity index (χ1v) is 5.67. The van der Waals surface area contributed by atoms with E-state index in [4.69, 9.17) is 10.5 Å². The van der Waals surface area contributed by atoms with Gasteiger partial charge in [-0.15, -0.1) is 0 Å². The van der Waals surface area contributed by atoms with Crippen LogP contribution in [0.15, 0.2) is 12.1 Å². The summed E-state index contributed by atoms with van der Waals surface area (Å²) in [6.45, 7) is 3.38. The summed E-state index contributed by atoms with van der Waals surface area (Å²) in [5.41, 5.74) is 7.24. The van der Waals surface area contributed by atoms with E-state index >= 15 is 0 Å². The number of esters is 1. The highest BCUT2D eigenvalue weighted by Crippen LogP contribution is 2.24. The maximum Gasteiger partial charge on any atom is 0.310 e. The van der Waals surface area contributed by atoms with E-state index in [-0.39, 0.29) is 11.9 Å². The van der Waals surface area contributed by atoms with Crippen molar-refractivity contribution in [2.75, 3.05) is 30.8 Å². The van der Waals surface area contributed by atoms with E-state index in [2.05, 4.69) is 9.88 Å². The number of rotatable bonds is 2. The fourth-order valence-corrected chi connectivity index (χ4v) is 2.06. The molecule has 2 N–H and O–H groups in total. The van der Waals surface area contributed by atoms with E-state index in [1.54, 1.807) is 0 Å². The van der Waals surface area contributed by atoms with Gasteiger partial charge in [-0.2, -0.15) is 0 Å². The van der Waals surface area contributed by atoms with E-state index in [1.807, 2.05) is 19.1 Å². The van der Waals surface area contributed by atoms with Crippen LogP contribution >= 0.6 is 0 Å². The van der Waals surface area contributed by atoms with Crippen LogP contribution in [0.4, 0.5) is 11.5 Å². The van der Waals surface area contributed by atoms with Gasteiger partial charge >= 0.3 is 5.97 Å². The number of nitrogen functional groups attached to an aromatic ring is 1. The van der Waals surface area contributed by atoms with Gasteiger partial charge in [0.2, 0.25) is 0 Å². The van der Waals surface area contributed by atoms with Crippen molar-refractivity contribution >= 4 is 17.5 Å². The quantitative estimate of drug-likeness (QED) is 0.774. The average Bonchev–Trinajstić information content (AvgIpc) is 2.81. The molecule has 1 aromatic heterocycles. The van der Waals surface area contributed by atoms with Crippen LogP contribution in [0.25, 0.3) is 0 Å². The minimum absolute atomic E-state index is 0.0420. The van der Waals surface area contributed by atoms with Crippen LogP contribution < -0.4 is 10.6 Å². The molecule has 17 heavy (non-hydrogen) atoms. The zero-order chi connectivity index (χ0) is 12.4. The standard InChI is InChI=1S/C12H17N3O2/c1-8-10(13)3-4-11(14-8)15-6-5-9(7-15)12(16)17-2/h3-4,9H,5-7,13H2,1-2H3. The fraction of sp³-hybridized carbons (Fsp3) is 0.500. The zero-order valence-corrected chi connectivity index (χ0v) is 10.1. The number of nitrogens with zero attached hydrogens (tertiary/aromatic N) is 2. The van der Waals surface area contributed by atoms with Crippen LogP contribution in [0.5, 0.6) is 0 Å². The topological polar surface area (TPSA) is 68.5 Å². The Labute approximate surface area is 101 Å². The molecule has 0 amide bonds. The van der Waals surface area contributed by atoms with Gasteiger partial charge < -0.3 is 15.4 Å². The lowest BCUT2D eigenvalue weighted by Crippen LogP contribution is -2.24. The normalized spacial score (nSPS) is 19.4. The summed E-state index contributed by atoms with van der Waals surface area (Å²) in [5, 5.41) is 0. The van der Waals surface area contributed by atoms with E-state index in [0.29, 0.717) is 12.2 Å². The minimum atomic E-state index is -0.139. The van der Waals surface area contributed by atoms with Crippen molar-refractivity contribution in [2.24, 2.45) is 5.92 Å². The molecule has 0 aliphatic carbocycles. The Morgan fingerprint density at radius 2 is 2.35 bits per heavy atom. The number of methoxy groups -OCH3 is 1. The van der Waals surface area contributed by atoms with Gasteiger partial charge in [-0.25, -0.2) is 4.98 Å². The molecule has 0 spiro atoms. The number of hydrogen-bond donors (Lipinski definition) is 1. The average molecular weight is 235 g/mol. The van der Waals surface area contributed by atoms with Crippen LogP contribution in [0.3, 0.4) is 0 Å². The zero-order valence-electron chi connectivity index (χ0n) is 10.1. The number of aryl methyl sites for hydroxylation is 1. The molecule has 1 unspecified atom stereocenters. The van der Waals surface area contributed by atoms with E-state index in [0.717, 1.165) is 24.5 Å². The highest BCUT2D eigenvalue weighted by molar-refractivity contribution is 5.74. The lowest BCUT2D eigenvalue weighted by Gasteiger charge is -2.17. The summed E-state index contributed by atoms with van der Waals surface area (Å²) in [5.74, 6) is 0.697. The number of anilines is 2. The third-order valence-electron chi connectivity index (χ3n) is 3.16. The summed E-state index contributed by atoms with van der Waals surface area (Å²) in [7, 11) is 1.43. The number of pyridine rings is 1. The Morgan fingerprint density at radius 1 is 1.59 bits per heavy atom. The third kappa shape index (κ3) is 2.33. The van der Waals surface area contributed by atoms with Gasteiger partial charge in [0.05, 0.1) is 24.4 Å². The van der Waals surface area contributed by atoms with Crippen LogP contribution in [-0.2, 0) is 9.53 Å². The Kier molecular flexibility index (Phi) is 3.17. The minimum Gasteiger partial charge on any atom is -0.469 e. The van der Waals surface area contributed by atoms with Gasteiger partial charge in [0.1, 0.15) is 5.82 Å². The lowest BCUT2D eigenvalue weighted by atomic mass is 10.1.